The van der Waals surface area contributed by atoms with Crippen molar-refractivity contribution in [3.63, 3.8) is 0 Å². The summed E-state index contributed by atoms with van der Waals surface area (Å²) in [5.41, 5.74) is 1.09. The van der Waals surface area contributed by atoms with Crippen molar-refractivity contribution in [3.8, 4) is 5.75 Å². The van der Waals surface area contributed by atoms with Crippen LogP contribution < -0.4 is 15.6 Å². The van der Waals surface area contributed by atoms with Gasteiger partial charge in [0.25, 0.3) is 5.56 Å². The normalized spacial score (nSPS) is 13.7. The van der Waals surface area contributed by atoms with Crippen LogP contribution in [0.25, 0.3) is 10.8 Å². The van der Waals surface area contributed by atoms with Crippen LogP contribution in [0, 0.1) is 0 Å². The molecule has 0 saturated heterocycles. The second kappa shape index (κ2) is 8.66. The minimum Gasteiger partial charge on any atom is -0.491 e. The van der Waals surface area contributed by atoms with Gasteiger partial charge in [-0.2, -0.15) is 5.10 Å². The Kier molecular flexibility index (Phi) is 6.23. The highest BCUT2D eigenvalue weighted by Gasteiger charge is 2.23. The summed E-state index contributed by atoms with van der Waals surface area (Å²) in [5.74, 6) is 1.58. The van der Waals surface area contributed by atoms with Crippen LogP contribution >= 0.6 is 0 Å². The van der Waals surface area contributed by atoms with Gasteiger partial charge in [-0.3, -0.25) is 4.79 Å². The number of fused-ring (bicyclic) bond motifs is 1. The topological polar surface area (TPSA) is 59.4 Å². The van der Waals surface area contributed by atoms with Gasteiger partial charge < -0.3 is 15.0 Å². The van der Waals surface area contributed by atoms with Crippen LogP contribution in [0.5, 0.6) is 5.75 Å². The number of aryl methyl sites for hydroxylation is 1. The molecular formula is C23H30N4O2. The van der Waals surface area contributed by atoms with Gasteiger partial charge in [0.05, 0.1) is 17.5 Å². The monoisotopic (exact) mass is 394 g/mol. The van der Waals surface area contributed by atoms with Crippen LogP contribution in [0.3, 0.4) is 0 Å². The average molecular weight is 395 g/mol. The largest absolute Gasteiger partial charge is 0.491 e. The molecule has 3 rings (SSSR count). The van der Waals surface area contributed by atoms with Crippen molar-refractivity contribution in [2.24, 2.45) is 7.05 Å². The summed E-state index contributed by atoms with van der Waals surface area (Å²) in [6.07, 6.45) is 0.148. The number of benzene rings is 2. The number of aromatic nitrogens is 2. The molecule has 0 radical (unpaired) electrons. The molecule has 0 spiro atoms. The molecule has 0 aliphatic carbocycles. The summed E-state index contributed by atoms with van der Waals surface area (Å²) in [4.78, 5) is 14.6. The highest BCUT2D eigenvalue weighted by atomic mass is 16.5. The zero-order valence-electron chi connectivity index (χ0n) is 18.0. The minimum atomic E-state index is -0.0938. The Morgan fingerprint density at radius 1 is 1.00 bits per heavy atom. The van der Waals surface area contributed by atoms with Gasteiger partial charge in [-0.25, -0.2) is 4.68 Å². The number of nitrogens with zero attached hydrogens (tertiary/aromatic N) is 3. The predicted molar refractivity (Wildman–Crippen MR) is 119 cm³/mol. The van der Waals surface area contributed by atoms with Crippen molar-refractivity contribution < 1.29 is 4.74 Å². The Morgan fingerprint density at radius 2 is 1.62 bits per heavy atom. The summed E-state index contributed by atoms with van der Waals surface area (Å²) in [6, 6.07) is 16.0. The van der Waals surface area contributed by atoms with Crippen LogP contribution in [0.1, 0.15) is 32.4 Å². The van der Waals surface area contributed by atoms with E-state index in [0.29, 0.717) is 11.2 Å². The van der Waals surface area contributed by atoms with E-state index in [9.17, 15) is 4.79 Å². The molecule has 0 aliphatic heterocycles. The molecule has 29 heavy (non-hydrogen) atoms. The smallest absolute Gasteiger partial charge is 0.274 e. The number of nitrogens with one attached hydrogen (secondary N) is 1. The second-order valence-corrected chi connectivity index (χ2v) is 7.90. The maximum Gasteiger partial charge on any atom is 0.274 e. The lowest BCUT2D eigenvalue weighted by Gasteiger charge is -2.32. The molecule has 6 heteroatoms. The Bertz CT molecular complexity index is 1030. The molecule has 0 amide bonds. The molecule has 2 aromatic carbocycles. The standard InChI is InChI=1S/C23H30N4O2/c1-15(2)29-18-13-11-17(12-14-18)21(26(4)5)16(3)24-22-19-9-7-8-10-20(19)23(28)27(6)25-22/h7-16,21H,1-6H3,(H,24,25)/t16-,21+/m0/s1. The quantitative estimate of drug-likeness (QED) is 0.660. The molecule has 0 aliphatic rings. The first-order chi connectivity index (χ1) is 13.8. The molecule has 154 valence electrons. The van der Waals surface area contributed by atoms with E-state index >= 15 is 0 Å². The molecule has 0 saturated carbocycles. The highest BCUT2D eigenvalue weighted by molar-refractivity contribution is 5.90. The van der Waals surface area contributed by atoms with Gasteiger partial charge >= 0.3 is 0 Å². The van der Waals surface area contributed by atoms with E-state index < -0.39 is 0 Å². The Morgan fingerprint density at radius 3 is 2.21 bits per heavy atom. The number of likely N-dealkylation sites (N-methyl/N-ethyl adjacent to an activating group) is 1. The first-order valence-corrected chi connectivity index (χ1v) is 9.93. The molecule has 1 heterocycles. The van der Waals surface area contributed by atoms with Crippen molar-refractivity contribution in [2.75, 3.05) is 19.4 Å². The summed E-state index contributed by atoms with van der Waals surface area (Å²) >= 11 is 0. The number of rotatable bonds is 7. The fraction of sp³-hybridized carbons (Fsp3) is 0.391. The molecule has 1 N–H and O–H groups in total. The average Bonchev–Trinajstić information content (AvgIpc) is 2.67. The summed E-state index contributed by atoms with van der Waals surface area (Å²) < 4.78 is 7.16. The van der Waals surface area contributed by atoms with Crippen molar-refractivity contribution >= 4 is 16.6 Å². The van der Waals surface area contributed by atoms with Gasteiger partial charge in [0.2, 0.25) is 0 Å². The van der Waals surface area contributed by atoms with Crippen LogP contribution in [0.2, 0.25) is 0 Å². The van der Waals surface area contributed by atoms with Crippen molar-refractivity contribution in [3.05, 3.63) is 64.4 Å². The molecule has 0 unspecified atom stereocenters. The molecule has 6 nitrogen and oxygen atoms in total. The van der Waals surface area contributed by atoms with Crippen LogP contribution in [-0.4, -0.2) is 40.9 Å². The van der Waals surface area contributed by atoms with E-state index in [1.807, 2.05) is 50.2 Å². The zero-order valence-corrected chi connectivity index (χ0v) is 18.0. The van der Waals surface area contributed by atoms with Crippen molar-refractivity contribution in [2.45, 2.75) is 39.0 Å². The number of ether oxygens (including phenoxy) is 1. The fourth-order valence-corrected chi connectivity index (χ4v) is 3.75. The van der Waals surface area contributed by atoms with Gasteiger partial charge in [0.15, 0.2) is 5.82 Å². The Hall–Kier alpha value is -2.86. The SMILES string of the molecule is CC(C)Oc1ccc([C@@H]([C@H](C)Nc2nn(C)c(=O)c3ccccc23)N(C)C)cc1. The van der Waals surface area contributed by atoms with E-state index in [1.54, 1.807) is 7.05 Å². The Balaban J connectivity index is 1.91. The fourth-order valence-electron chi connectivity index (χ4n) is 3.75. The summed E-state index contributed by atoms with van der Waals surface area (Å²) in [6.45, 7) is 6.17. The summed E-state index contributed by atoms with van der Waals surface area (Å²) in [7, 11) is 5.81. The minimum absolute atomic E-state index is 0.0512. The number of hydrogen-bond donors (Lipinski definition) is 1. The van der Waals surface area contributed by atoms with Gasteiger partial charge in [-0.05, 0) is 58.6 Å². The van der Waals surface area contributed by atoms with Gasteiger partial charge in [0, 0.05) is 18.5 Å². The van der Waals surface area contributed by atoms with Gasteiger partial charge in [-0.15, -0.1) is 0 Å². The van der Waals surface area contributed by atoms with Gasteiger partial charge in [-0.1, -0.05) is 30.3 Å². The molecule has 0 bridgehead atoms. The first kappa shape index (κ1) is 20.9. The molecular weight excluding hydrogens is 364 g/mol. The lowest BCUT2D eigenvalue weighted by Crippen LogP contribution is -2.35. The number of anilines is 1. The maximum atomic E-state index is 12.4. The lowest BCUT2D eigenvalue weighted by atomic mass is 9.99. The van der Waals surface area contributed by atoms with E-state index in [4.69, 9.17) is 4.74 Å². The number of hydrogen-bond acceptors (Lipinski definition) is 5. The summed E-state index contributed by atoms with van der Waals surface area (Å²) in [5, 5.41) is 9.51. The molecule has 0 fully saturated rings. The van der Waals surface area contributed by atoms with Crippen molar-refractivity contribution in [1.29, 1.82) is 0 Å². The van der Waals surface area contributed by atoms with Crippen molar-refractivity contribution in [1.82, 2.24) is 14.7 Å². The third-order valence-electron chi connectivity index (χ3n) is 4.94. The predicted octanol–water partition coefficient (Wildman–Crippen LogP) is 3.82. The first-order valence-electron chi connectivity index (χ1n) is 9.93. The molecule has 3 aromatic rings. The third kappa shape index (κ3) is 4.59. The van der Waals surface area contributed by atoms with E-state index in [0.717, 1.165) is 11.1 Å². The van der Waals surface area contributed by atoms with E-state index in [1.165, 1.54) is 10.2 Å². The van der Waals surface area contributed by atoms with Gasteiger partial charge in [0.1, 0.15) is 5.75 Å². The lowest BCUT2D eigenvalue weighted by molar-refractivity contribution is 0.241. The van der Waals surface area contributed by atoms with Crippen LogP contribution in [0.4, 0.5) is 5.82 Å². The molecule has 1 aromatic heterocycles. The molecule has 2 atom stereocenters. The second-order valence-electron chi connectivity index (χ2n) is 7.90. The highest BCUT2D eigenvalue weighted by Crippen LogP contribution is 2.28. The third-order valence-corrected chi connectivity index (χ3v) is 4.94. The van der Waals surface area contributed by atoms with E-state index in [2.05, 4.69) is 48.5 Å². The van der Waals surface area contributed by atoms with Crippen LogP contribution in [0.15, 0.2) is 53.3 Å². The Labute approximate surface area is 172 Å². The zero-order chi connectivity index (χ0) is 21.1. The van der Waals surface area contributed by atoms with Crippen LogP contribution in [-0.2, 0) is 7.05 Å². The van der Waals surface area contributed by atoms with E-state index in [-0.39, 0.29) is 23.7 Å². The maximum absolute atomic E-state index is 12.4.